The Morgan fingerprint density at radius 3 is 1.97 bits per heavy atom. The molecular weight excluding hydrogens is 390 g/mol. The number of aliphatic hydroxyl groups is 1. The molecule has 0 unspecified atom stereocenters. The quantitative estimate of drug-likeness (QED) is 0.219. The van der Waals surface area contributed by atoms with E-state index < -0.39 is 5.97 Å². The number of esters is 2. The number of rotatable bonds is 14. The van der Waals surface area contributed by atoms with Crippen molar-refractivity contribution in [2.45, 2.75) is 52.9 Å². The fourth-order valence-corrected chi connectivity index (χ4v) is 1.46. The van der Waals surface area contributed by atoms with E-state index in [0.717, 1.165) is 32.0 Å². The fraction of sp³-hybridized carbons (Fsp3) is 0.591. The topological polar surface area (TPSA) is 122 Å². The molecular formula is C22H39NO7. The Bertz CT molecular complexity index is 498. The molecule has 0 saturated heterocycles. The molecule has 8 heteroatoms. The fourth-order valence-electron chi connectivity index (χ4n) is 1.46. The maximum atomic E-state index is 11.0. The first-order valence-corrected chi connectivity index (χ1v) is 10.0. The van der Waals surface area contributed by atoms with Crippen molar-refractivity contribution < 1.29 is 34.1 Å². The van der Waals surface area contributed by atoms with Crippen molar-refractivity contribution >= 4 is 17.9 Å². The number of hydrogen-bond donors (Lipinski definition) is 3. The molecule has 0 aromatic heterocycles. The summed E-state index contributed by atoms with van der Waals surface area (Å²) in [6.45, 7) is 18.4. The van der Waals surface area contributed by atoms with Gasteiger partial charge in [-0.1, -0.05) is 40.0 Å². The van der Waals surface area contributed by atoms with E-state index in [-0.39, 0.29) is 18.5 Å². The third-order valence-corrected chi connectivity index (χ3v) is 3.10. The summed E-state index contributed by atoms with van der Waals surface area (Å²) in [5.41, 5.74) is 0.894. The highest BCUT2D eigenvalue weighted by molar-refractivity contribution is 5.87. The Balaban J connectivity index is -0.000000399. The average Bonchev–Trinajstić information content (AvgIpc) is 2.73. The molecule has 0 heterocycles. The Kier molecular flexibility index (Phi) is 26.4. The van der Waals surface area contributed by atoms with Crippen molar-refractivity contribution in [3.05, 3.63) is 37.0 Å². The maximum Gasteiger partial charge on any atom is 0.333 e. The van der Waals surface area contributed by atoms with E-state index >= 15 is 0 Å². The molecule has 0 bridgehead atoms. The highest BCUT2D eigenvalue weighted by Gasteiger charge is 2.06. The first-order valence-electron chi connectivity index (χ1n) is 10.0. The molecule has 0 atom stereocenters. The third-order valence-electron chi connectivity index (χ3n) is 3.10. The Labute approximate surface area is 180 Å². The van der Waals surface area contributed by atoms with Gasteiger partial charge in [0.2, 0.25) is 0 Å². The van der Waals surface area contributed by atoms with Crippen LogP contribution in [0.3, 0.4) is 0 Å². The van der Waals surface area contributed by atoms with Gasteiger partial charge in [-0.2, -0.15) is 0 Å². The van der Waals surface area contributed by atoms with Crippen molar-refractivity contribution in [3.63, 3.8) is 0 Å². The van der Waals surface area contributed by atoms with E-state index in [1.54, 1.807) is 6.92 Å². The zero-order valence-corrected chi connectivity index (χ0v) is 18.7. The molecule has 3 N–H and O–H groups in total. The Morgan fingerprint density at radius 2 is 1.53 bits per heavy atom. The zero-order chi connectivity index (χ0) is 23.8. The van der Waals surface area contributed by atoms with Crippen molar-refractivity contribution in [3.8, 4) is 0 Å². The molecule has 0 aromatic rings. The lowest BCUT2D eigenvalue weighted by Crippen LogP contribution is -2.22. The first-order chi connectivity index (χ1) is 14.2. The summed E-state index contributed by atoms with van der Waals surface area (Å²) in [7, 11) is 0. The molecule has 0 rings (SSSR count). The number of carbonyl (C=O) groups excluding carboxylic acids is 2. The number of nitrogens with one attached hydrogen (secondary N) is 1. The monoisotopic (exact) mass is 429 g/mol. The van der Waals surface area contributed by atoms with Gasteiger partial charge in [-0.15, -0.1) is 0 Å². The molecule has 0 spiro atoms. The molecule has 0 aromatic carbocycles. The second-order valence-corrected chi connectivity index (χ2v) is 6.13. The van der Waals surface area contributed by atoms with Crippen LogP contribution in [0.2, 0.25) is 0 Å². The number of ether oxygens (including phenoxy) is 2. The number of aliphatic carboxylic acids is 1. The molecule has 0 fully saturated rings. The van der Waals surface area contributed by atoms with Crippen LogP contribution in [0.4, 0.5) is 0 Å². The van der Waals surface area contributed by atoms with Crippen LogP contribution in [0.5, 0.6) is 0 Å². The van der Waals surface area contributed by atoms with Crippen LogP contribution in [-0.2, 0) is 23.9 Å². The van der Waals surface area contributed by atoms with Gasteiger partial charge < -0.3 is 25.0 Å². The summed E-state index contributed by atoms with van der Waals surface area (Å²) in [6.07, 6.45) is 5.07. The summed E-state index contributed by atoms with van der Waals surface area (Å²) >= 11 is 0. The maximum absolute atomic E-state index is 11.0. The van der Waals surface area contributed by atoms with Gasteiger partial charge in [0.25, 0.3) is 0 Å². The van der Waals surface area contributed by atoms with Gasteiger partial charge >= 0.3 is 17.9 Å². The minimum absolute atomic E-state index is 0.0834. The minimum Gasteiger partial charge on any atom is -0.478 e. The molecule has 30 heavy (non-hydrogen) atoms. The Hall–Kier alpha value is -2.45. The van der Waals surface area contributed by atoms with Crippen molar-refractivity contribution in [1.29, 1.82) is 0 Å². The van der Waals surface area contributed by atoms with E-state index in [0.29, 0.717) is 37.2 Å². The van der Waals surface area contributed by atoms with E-state index in [1.165, 1.54) is 6.42 Å². The number of carboxylic acids is 1. The highest BCUT2D eigenvalue weighted by atomic mass is 16.5. The van der Waals surface area contributed by atoms with Crippen molar-refractivity contribution in [2.75, 3.05) is 32.9 Å². The van der Waals surface area contributed by atoms with E-state index in [9.17, 15) is 14.4 Å². The molecule has 0 aliphatic heterocycles. The Morgan fingerprint density at radius 1 is 0.967 bits per heavy atom. The summed E-state index contributed by atoms with van der Waals surface area (Å²) < 4.78 is 9.71. The number of hydrogen-bond acceptors (Lipinski definition) is 7. The number of aliphatic hydroxyl groups excluding tert-OH is 1. The normalized spacial score (nSPS) is 9.07. The van der Waals surface area contributed by atoms with E-state index in [2.05, 4.69) is 32.0 Å². The number of unbranched alkanes of at least 4 members (excludes halogenated alkanes) is 1. The second-order valence-electron chi connectivity index (χ2n) is 6.13. The lowest BCUT2D eigenvalue weighted by atomic mass is 10.2. The highest BCUT2D eigenvalue weighted by Crippen LogP contribution is 2.04. The van der Waals surface area contributed by atoms with Gasteiger partial charge in [-0.25, -0.2) is 14.4 Å². The number of carboxylic acid groups (broad SMARTS) is 1. The van der Waals surface area contributed by atoms with Crippen LogP contribution < -0.4 is 5.32 Å². The van der Waals surface area contributed by atoms with E-state index in [1.807, 2.05) is 6.92 Å². The van der Waals surface area contributed by atoms with Crippen LogP contribution >= 0.6 is 0 Å². The summed E-state index contributed by atoms with van der Waals surface area (Å²) in [5, 5.41) is 19.3. The van der Waals surface area contributed by atoms with Gasteiger partial charge in [0.1, 0.15) is 6.61 Å². The smallest absolute Gasteiger partial charge is 0.333 e. The van der Waals surface area contributed by atoms with Crippen LogP contribution in [0.1, 0.15) is 52.9 Å². The zero-order valence-electron chi connectivity index (χ0n) is 18.7. The number of carbonyl (C=O) groups is 3. The lowest BCUT2D eigenvalue weighted by Gasteiger charge is -2.05. The first kappa shape index (κ1) is 32.2. The SMILES string of the molecule is C=C(C)C(=O)OCCNCCCC.C=C(CCCO)C(=O)OCCC.C=CC(=O)O. The van der Waals surface area contributed by atoms with Crippen LogP contribution in [0, 0.1) is 0 Å². The van der Waals surface area contributed by atoms with Crippen LogP contribution in [-0.4, -0.2) is 61.0 Å². The minimum atomic E-state index is -0.981. The van der Waals surface area contributed by atoms with Gasteiger partial charge in [-0.05, 0) is 39.2 Å². The van der Waals surface area contributed by atoms with Gasteiger partial charge in [0.15, 0.2) is 0 Å². The predicted octanol–water partition coefficient (Wildman–Crippen LogP) is 3.02. The molecule has 0 radical (unpaired) electrons. The van der Waals surface area contributed by atoms with Crippen molar-refractivity contribution in [2.24, 2.45) is 0 Å². The predicted molar refractivity (Wildman–Crippen MR) is 118 cm³/mol. The molecule has 0 aliphatic carbocycles. The molecule has 174 valence electrons. The van der Waals surface area contributed by atoms with Crippen LogP contribution in [0.25, 0.3) is 0 Å². The van der Waals surface area contributed by atoms with Crippen molar-refractivity contribution in [1.82, 2.24) is 5.32 Å². The molecule has 0 amide bonds. The van der Waals surface area contributed by atoms with Gasteiger partial charge in [-0.3, -0.25) is 0 Å². The summed E-state index contributed by atoms with van der Waals surface area (Å²) in [6, 6.07) is 0. The molecule has 8 nitrogen and oxygen atoms in total. The average molecular weight is 430 g/mol. The molecule has 0 saturated carbocycles. The second kappa shape index (κ2) is 24.6. The van der Waals surface area contributed by atoms with Crippen LogP contribution in [0.15, 0.2) is 37.0 Å². The lowest BCUT2D eigenvalue weighted by molar-refractivity contribution is -0.139. The summed E-state index contributed by atoms with van der Waals surface area (Å²) in [5.74, 6) is -1.63. The molecule has 0 aliphatic rings. The van der Waals surface area contributed by atoms with Gasteiger partial charge in [0, 0.05) is 30.4 Å². The van der Waals surface area contributed by atoms with Gasteiger partial charge in [0.05, 0.1) is 6.61 Å². The largest absolute Gasteiger partial charge is 0.478 e. The standard InChI is InChI=1S/C10H19NO2.C9H16O3.C3H4O2/c1-4-5-6-11-7-8-13-10(12)9(2)3;1-3-7-12-9(11)8(2)5-4-6-10;1-2-3(4)5/h11H,2,4-8H2,1,3H3;10H,2-7H2,1H3;2H,1H2,(H,4,5). The van der Waals surface area contributed by atoms with E-state index in [4.69, 9.17) is 19.7 Å². The third kappa shape index (κ3) is 27.8. The summed E-state index contributed by atoms with van der Waals surface area (Å²) in [4.78, 5) is 31.1.